The lowest BCUT2D eigenvalue weighted by atomic mass is 9.81. The molecule has 1 aliphatic rings. The van der Waals surface area contributed by atoms with Gasteiger partial charge in [-0.05, 0) is 44.1 Å². The van der Waals surface area contributed by atoms with Crippen LogP contribution >= 0.6 is 11.3 Å². The van der Waals surface area contributed by atoms with Crippen LogP contribution < -0.4 is 5.32 Å². The van der Waals surface area contributed by atoms with Crippen molar-refractivity contribution in [2.75, 3.05) is 11.9 Å². The van der Waals surface area contributed by atoms with E-state index in [1.54, 1.807) is 17.7 Å². The Morgan fingerprint density at radius 2 is 1.86 bits per heavy atom. The van der Waals surface area contributed by atoms with Crippen LogP contribution in [0.2, 0.25) is 0 Å². The Labute approximate surface area is 131 Å². The van der Waals surface area contributed by atoms with E-state index in [0.29, 0.717) is 0 Å². The standard InChI is InChI=1S/C17H25N3S/c1-4-13-5-7-14(8-6-13)9-18-16-15-11(2)12(3)21-17(15)20-10-19-16/h10,13-14H,4-9H2,1-3H3,(H,18,19,20). The van der Waals surface area contributed by atoms with E-state index < -0.39 is 0 Å². The molecule has 2 aromatic rings. The average molecular weight is 303 g/mol. The molecule has 114 valence electrons. The highest BCUT2D eigenvalue weighted by molar-refractivity contribution is 7.18. The SMILES string of the molecule is CCC1CCC(CNc2ncnc3sc(C)c(C)c23)CC1. The second-order valence-electron chi connectivity index (χ2n) is 6.36. The maximum Gasteiger partial charge on any atom is 0.138 e. The summed E-state index contributed by atoms with van der Waals surface area (Å²) in [5, 5.41) is 4.82. The fourth-order valence-corrected chi connectivity index (χ4v) is 4.40. The molecular weight excluding hydrogens is 278 g/mol. The molecular formula is C17H25N3S. The van der Waals surface area contributed by atoms with Gasteiger partial charge in [-0.2, -0.15) is 0 Å². The van der Waals surface area contributed by atoms with Crippen molar-refractivity contribution >= 4 is 27.4 Å². The van der Waals surface area contributed by atoms with E-state index >= 15 is 0 Å². The number of aryl methyl sites for hydroxylation is 2. The van der Waals surface area contributed by atoms with Gasteiger partial charge in [-0.1, -0.05) is 26.2 Å². The summed E-state index contributed by atoms with van der Waals surface area (Å²) in [5.74, 6) is 2.80. The molecule has 4 heteroatoms. The van der Waals surface area contributed by atoms with Gasteiger partial charge in [0, 0.05) is 11.4 Å². The van der Waals surface area contributed by atoms with Crippen LogP contribution in [0.5, 0.6) is 0 Å². The van der Waals surface area contributed by atoms with Gasteiger partial charge in [-0.3, -0.25) is 0 Å². The van der Waals surface area contributed by atoms with Gasteiger partial charge < -0.3 is 5.32 Å². The lowest BCUT2D eigenvalue weighted by Crippen LogP contribution is -2.21. The van der Waals surface area contributed by atoms with Crippen molar-refractivity contribution in [2.45, 2.75) is 52.9 Å². The van der Waals surface area contributed by atoms with Crippen molar-refractivity contribution in [1.29, 1.82) is 0 Å². The first-order chi connectivity index (χ1) is 10.2. The van der Waals surface area contributed by atoms with E-state index in [9.17, 15) is 0 Å². The number of anilines is 1. The van der Waals surface area contributed by atoms with Crippen molar-refractivity contribution < 1.29 is 0 Å². The van der Waals surface area contributed by atoms with Gasteiger partial charge in [0.25, 0.3) is 0 Å². The zero-order chi connectivity index (χ0) is 14.8. The zero-order valence-electron chi connectivity index (χ0n) is 13.3. The predicted molar refractivity (Wildman–Crippen MR) is 91.1 cm³/mol. The third kappa shape index (κ3) is 3.05. The molecule has 3 rings (SSSR count). The summed E-state index contributed by atoms with van der Waals surface area (Å²) in [7, 11) is 0. The number of aromatic nitrogens is 2. The maximum atomic E-state index is 4.48. The molecule has 0 atom stereocenters. The van der Waals surface area contributed by atoms with Crippen LogP contribution in [-0.4, -0.2) is 16.5 Å². The largest absolute Gasteiger partial charge is 0.369 e. The molecule has 0 aromatic carbocycles. The summed E-state index contributed by atoms with van der Waals surface area (Å²) < 4.78 is 0. The highest BCUT2D eigenvalue weighted by Gasteiger charge is 2.20. The molecule has 1 saturated carbocycles. The van der Waals surface area contributed by atoms with E-state index in [-0.39, 0.29) is 0 Å². The van der Waals surface area contributed by atoms with Crippen LogP contribution in [0.15, 0.2) is 6.33 Å². The number of fused-ring (bicyclic) bond motifs is 1. The van der Waals surface area contributed by atoms with Gasteiger partial charge in [0.15, 0.2) is 0 Å². The van der Waals surface area contributed by atoms with Crippen LogP contribution in [0.25, 0.3) is 10.2 Å². The quantitative estimate of drug-likeness (QED) is 0.869. The lowest BCUT2D eigenvalue weighted by Gasteiger charge is -2.28. The van der Waals surface area contributed by atoms with Gasteiger partial charge in [0.05, 0.1) is 5.39 Å². The highest BCUT2D eigenvalue weighted by atomic mass is 32.1. The topological polar surface area (TPSA) is 37.8 Å². The molecule has 0 spiro atoms. The Balaban J connectivity index is 1.68. The molecule has 2 heterocycles. The van der Waals surface area contributed by atoms with E-state index in [2.05, 4.69) is 36.1 Å². The molecule has 0 amide bonds. The molecule has 0 aliphatic heterocycles. The average Bonchev–Trinajstić information content (AvgIpc) is 2.81. The van der Waals surface area contributed by atoms with Crippen LogP contribution in [-0.2, 0) is 0 Å². The fraction of sp³-hybridized carbons (Fsp3) is 0.647. The van der Waals surface area contributed by atoms with Crippen molar-refractivity contribution in [1.82, 2.24) is 9.97 Å². The summed E-state index contributed by atoms with van der Waals surface area (Å²) in [6, 6.07) is 0. The van der Waals surface area contributed by atoms with E-state index in [1.165, 1.54) is 47.9 Å². The first-order valence-corrected chi connectivity index (χ1v) is 8.95. The number of rotatable bonds is 4. The summed E-state index contributed by atoms with van der Waals surface area (Å²) in [6.07, 6.45) is 8.56. The second kappa shape index (κ2) is 6.30. The molecule has 0 radical (unpaired) electrons. The molecule has 1 fully saturated rings. The molecule has 0 unspecified atom stereocenters. The Kier molecular flexibility index (Phi) is 4.43. The third-order valence-electron chi connectivity index (χ3n) is 5.07. The van der Waals surface area contributed by atoms with E-state index in [4.69, 9.17) is 0 Å². The van der Waals surface area contributed by atoms with Crippen LogP contribution in [0.3, 0.4) is 0 Å². The smallest absolute Gasteiger partial charge is 0.138 e. The van der Waals surface area contributed by atoms with Gasteiger partial charge in [0.2, 0.25) is 0 Å². The Bertz CT molecular complexity index is 612. The van der Waals surface area contributed by atoms with Crippen molar-refractivity contribution in [3.63, 3.8) is 0 Å². The molecule has 1 aliphatic carbocycles. The van der Waals surface area contributed by atoms with Gasteiger partial charge >= 0.3 is 0 Å². The molecule has 0 saturated heterocycles. The molecule has 1 N–H and O–H groups in total. The second-order valence-corrected chi connectivity index (χ2v) is 7.56. The minimum Gasteiger partial charge on any atom is -0.369 e. The van der Waals surface area contributed by atoms with Gasteiger partial charge in [0.1, 0.15) is 17.0 Å². The molecule has 3 nitrogen and oxygen atoms in total. The Morgan fingerprint density at radius 3 is 2.57 bits per heavy atom. The first-order valence-electron chi connectivity index (χ1n) is 8.13. The number of thiophene rings is 1. The Morgan fingerprint density at radius 1 is 1.14 bits per heavy atom. The minimum atomic E-state index is 0.804. The number of hydrogen-bond donors (Lipinski definition) is 1. The van der Waals surface area contributed by atoms with Gasteiger partial charge in [-0.15, -0.1) is 11.3 Å². The van der Waals surface area contributed by atoms with Crippen LogP contribution in [0.1, 0.15) is 49.5 Å². The number of nitrogens with one attached hydrogen (secondary N) is 1. The molecule has 21 heavy (non-hydrogen) atoms. The normalized spacial score (nSPS) is 22.6. The van der Waals surface area contributed by atoms with E-state index in [1.807, 2.05) is 0 Å². The highest BCUT2D eigenvalue weighted by Crippen LogP contribution is 2.34. The lowest BCUT2D eigenvalue weighted by molar-refractivity contribution is 0.278. The van der Waals surface area contributed by atoms with E-state index in [0.717, 1.165) is 29.0 Å². The summed E-state index contributed by atoms with van der Waals surface area (Å²) in [6.45, 7) is 7.71. The molecule has 0 bridgehead atoms. The van der Waals surface area contributed by atoms with Crippen molar-refractivity contribution in [2.24, 2.45) is 11.8 Å². The maximum absolute atomic E-state index is 4.48. The summed E-state index contributed by atoms with van der Waals surface area (Å²) in [5.41, 5.74) is 1.33. The fourth-order valence-electron chi connectivity index (χ4n) is 3.40. The summed E-state index contributed by atoms with van der Waals surface area (Å²) in [4.78, 5) is 11.3. The van der Waals surface area contributed by atoms with Crippen molar-refractivity contribution in [3.05, 3.63) is 16.8 Å². The summed E-state index contributed by atoms with van der Waals surface area (Å²) >= 11 is 1.77. The van der Waals surface area contributed by atoms with Crippen molar-refractivity contribution in [3.8, 4) is 0 Å². The first kappa shape index (κ1) is 14.8. The minimum absolute atomic E-state index is 0.804. The Hall–Kier alpha value is -1.16. The number of hydrogen-bond acceptors (Lipinski definition) is 4. The monoisotopic (exact) mass is 303 g/mol. The predicted octanol–water partition coefficient (Wildman–Crippen LogP) is 4.94. The zero-order valence-corrected chi connectivity index (χ0v) is 14.1. The number of nitrogens with zero attached hydrogens (tertiary/aromatic N) is 2. The molecule has 2 aromatic heterocycles. The van der Waals surface area contributed by atoms with Crippen LogP contribution in [0, 0.1) is 25.7 Å². The van der Waals surface area contributed by atoms with Gasteiger partial charge in [-0.25, -0.2) is 9.97 Å². The van der Waals surface area contributed by atoms with Crippen LogP contribution in [0.4, 0.5) is 5.82 Å². The third-order valence-corrected chi connectivity index (χ3v) is 6.18.